The normalized spacial score (nSPS) is 10.3. The lowest BCUT2D eigenvalue weighted by Gasteiger charge is -2.11. The molecular formula is C13H8BrCl2NO3. The van der Waals surface area contributed by atoms with Crippen LogP contribution in [0.5, 0.6) is 11.5 Å². The van der Waals surface area contributed by atoms with Crippen LogP contribution in [0.2, 0.25) is 5.02 Å². The Morgan fingerprint density at radius 2 is 1.95 bits per heavy atom. The summed E-state index contributed by atoms with van der Waals surface area (Å²) in [7, 11) is 0. The van der Waals surface area contributed by atoms with Gasteiger partial charge in [-0.1, -0.05) is 11.6 Å². The standard InChI is InChI=1S/C13H8BrCl2NO3/c14-11-3-2-10(17(18)19)6-13(11)20-12-4-1-9(16)5-8(12)7-15/h1-6H,7H2. The summed E-state index contributed by atoms with van der Waals surface area (Å²) in [6, 6.07) is 9.32. The van der Waals surface area contributed by atoms with Crippen molar-refractivity contribution in [2.45, 2.75) is 5.88 Å². The molecule has 0 saturated heterocycles. The SMILES string of the molecule is O=[N+]([O-])c1ccc(Br)c(Oc2ccc(Cl)cc2CCl)c1. The molecule has 0 aromatic heterocycles. The molecule has 0 saturated carbocycles. The van der Waals surface area contributed by atoms with Crippen LogP contribution in [-0.2, 0) is 5.88 Å². The van der Waals surface area contributed by atoms with Crippen molar-refractivity contribution in [2.24, 2.45) is 0 Å². The molecule has 20 heavy (non-hydrogen) atoms. The van der Waals surface area contributed by atoms with Crippen LogP contribution < -0.4 is 4.74 Å². The molecule has 0 amide bonds. The van der Waals surface area contributed by atoms with Crippen LogP contribution >= 0.6 is 39.1 Å². The number of alkyl halides is 1. The molecule has 0 fully saturated rings. The number of hydrogen-bond acceptors (Lipinski definition) is 3. The fourth-order valence-corrected chi connectivity index (χ4v) is 2.29. The fraction of sp³-hybridized carbons (Fsp3) is 0.0769. The van der Waals surface area contributed by atoms with Gasteiger partial charge >= 0.3 is 0 Å². The average Bonchev–Trinajstić information content (AvgIpc) is 2.42. The molecule has 0 aliphatic carbocycles. The summed E-state index contributed by atoms with van der Waals surface area (Å²) < 4.78 is 6.29. The second-order valence-corrected chi connectivity index (χ2v) is 5.42. The Kier molecular flexibility index (Phi) is 4.86. The third kappa shape index (κ3) is 3.42. The van der Waals surface area contributed by atoms with Crippen LogP contribution in [0, 0.1) is 10.1 Å². The van der Waals surface area contributed by atoms with E-state index in [9.17, 15) is 10.1 Å². The summed E-state index contributed by atoms with van der Waals surface area (Å²) in [6.07, 6.45) is 0. The molecule has 7 heteroatoms. The molecule has 4 nitrogen and oxygen atoms in total. The quantitative estimate of drug-likeness (QED) is 0.399. The molecule has 2 rings (SSSR count). The maximum Gasteiger partial charge on any atom is 0.273 e. The van der Waals surface area contributed by atoms with Crippen molar-refractivity contribution in [2.75, 3.05) is 0 Å². The van der Waals surface area contributed by atoms with Crippen molar-refractivity contribution in [3.63, 3.8) is 0 Å². The number of halogens is 3. The van der Waals surface area contributed by atoms with Gasteiger partial charge in [-0.25, -0.2) is 0 Å². The third-order valence-corrected chi connectivity index (χ3v) is 3.69. The minimum Gasteiger partial charge on any atom is -0.456 e. The first-order valence-corrected chi connectivity index (χ1v) is 7.18. The molecule has 0 unspecified atom stereocenters. The summed E-state index contributed by atoms with van der Waals surface area (Å²) in [6.45, 7) is 0. The molecule has 0 heterocycles. The zero-order valence-electron chi connectivity index (χ0n) is 9.98. The van der Waals surface area contributed by atoms with Crippen LogP contribution in [-0.4, -0.2) is 4.92 Å². The molecule has 0 bridgehead atoms. The van der Waals surface area contributed by atoms with Crippen molar-refractivity contribution in [1.82, 2.24) is 0 Å². The van der Waals surface area contributed by atoms with E-state index in [4.69, 9.17) is 27.9 Å². The summed E-state index contributed by atoms with van der Waals surface area (Å²) in [5.41, 5.74) is 0.655. The van der Waals surface area contributed by atoms with E-state index in [-0.39, 0.29) is 11.6 Å². The molecule has 0 aliphatic heterocycles. The van der Waals surface area contributed by atoms with Crippen LogP contribution in [0.1, 0.15) is 5.56 Å². The smallest absolute Gasteiger partial charge is 0.273 e. The monoisotopic (exact) mass is 375 g/mol. The Labute approximate surface area is 133 Å². The van der Waals surface area contributed by atoms with Gasteiger partial charge in [-0.15, -0.1) is 11.6 Å². The van der Waals surface area contributed by atoms with E-state index >= 15 is 0 Å². The van der Waals surface area contributed by atoms with Crippen LogP contribution in [0.4, 0.5) is 5.69 Å². The number of nitrogens with zero attached hydrogens (tertiary/aromatic N) is 1. The zero-order chi connectivity index (χ0) is 14.7. The Balaban J connectivity index is 2.39. The van der Waals surface area contributed by atoms with E-state index in [0.29, 0.717) is 26.6 Å². The lowest BCUT2D eigenvalue weighted by Crippen LogP contribution is -1.93. The van der Waals surface area contributed by atoms with Crippen molar-refractivity contribution in [3.8, 4) is 11.5 Å². The van der Waals surface area contributed by atoms with Gasteiger partial charge in [-0.05, 0) is 40.2 Å². The van der Waals surface area contributed by atoms with Crippen molar-refractivity contribution in [1.29, 1.82) is 0 Å². The van der Waals surface area contributed by atoms with Gasteiger partial charge < -0.3 is 4.74 Å². The molecule has 0 N–H and O–H groups in total. The van der Waals surface area contributed by atoms with E-state index in [1.807, 2.05) is 0 Å². The first kappa shape index (κ1) is 15.1. The summed E-state index contributed by atoms with van der Waals surface area (Å²) in [5, 5.41) is 11.3. The zero-order valence-corrected chi connectivity index (χ0v) is 13.1. The predicted octanol–water partition coefficient (Wildman–Crippen LogP) is 5.54. The van der Waals surface area contributed by atoms with Gasteiger partial charge in [-0.3, -0.25) is 10.1 Å². The van der Waals surface area contributed by atoms with Crippen molar-refractivity contribution >= 4 is 44.8 Å². The number of nitro benzene ring substituents is 1. The lowest BCUT2D eigenvalue weighted by atomic mass is 10.2. The Morgan fingerprint density at radius 1 is 1.20 bits per heavy atom. The second-order valence-electron chi connectivity index (χ2n) is 3.86. The predicted molar refractivity (Wildman–Crippen MR) is 81.9 cm³/mol. The summed E-state index contributed by atoms with van der Waals surface area (Å²) in [4.78, 5) is 10.3. The van der Waals surface area contributed by atoms with Crippen LogP contribution in [0.25, 0.3) is 0 Å². The summed E-state index contributed by atoms with van der Waals surface area (Å²) in [5.74, 6) is 1.07. The number of ether oxygens (including phenoxy) is 1. The highest BCUT2D eigenvalue weighted by Crippen LogP contribution is 2.35. The highest BCUT2D eigenvalue weighted by atomic mass is 79.9. The Hall–Kier alpha value is -1.30. The molecule has 2 aromatic rings. The maximum absolute atomic E-state index is 10.8. The molecule has 0 radical (unpaired) electrons. The number of rotatable bonds is 4. The fourth-order valence-electron chi connectivity index (χ4n) is 1.55. The van der Waals surface area contributed by atoms with E-state index in [2.05, 4.69) is 15.9 Å². The first-order chi connectivity index (χ1) is 9.51. The van der Waals surface area contributed by atoms with Gasteiger partial charge in [-0.2, -0.15) is 0 Å². The number of benzene rings is 2. The Bertz CT molecular complexity index is 664. The molecule has 2 aromatic carbocycles. The topological polar surface area (TPSA) is 52.4 Å². The molecule has 0 spiro atoms. The van der Waals surface area contributed by atoms with E-state index < -0.39 is 4.92 Å². The molecular weight excluding hydrogens is 369 g/mol. The number of hydrogen-bond donors (Lipinski definition) is 0. The average molecular weight is 377 g/mol. The largest absolute Gasteiger partial charge is 0.456 e. The van der Waals surface area contributed by atoms with Gasteiger partial charge in [0.25, 0.3) is 5.69 Å². The summed E-state index contributed by atoms with van der Waals surface area (Å²) >= 11 is 15.0. The Morgan fingerprint density at radius 3 is 2.60 bits per heavy atom. The lowest BCUT2D eigenvalue weighted by molar-refractivity contribution is -0.384. The minimum atomic E-state index is -0.483. The minimum absolute atomic E-state index is 0.0513. The maximum atomic E-state index is 10.8. The highest BCUT2D eigenvalue weighted by Gasteiger charge is 2.13. The first-order valence-electron chi connectivity index (χ1n) is 5.47. The number of nitro groups is 1. The molecule has 0 atom stereocenters. The van der Waals surface area contributed by atoms with E-state index in [1.165, 1.54) is 12.1 Å². The highest BCUT2D eigenvalue weighted by molar-refractivity contribution is 9.10. The van der Waals surface area contributed by atoms with E-state index in [1.54, 1.807) is 24.3 Å². The van der Waals surface area contributed by atoms with Crippen LogP contribution in [0.15, 0.2) is 40.9 Å². The van der Waals surface area contributed by atoms with Crippen molar-refractivity contribution < 1.29 is 9.66 Å². The van der Waals surface area contributed by atoms with Gasteiger partial charge in [0.15, 0.2) is 0 Å². The van der Waals surface area contributed by atoms with Gasteiger partial charge in [0.05, 0.1) is 21.3 Å². The molecule has 0 aliphatic rings. The van der Waals surface area contributed by atoms with Gasteiger partial charge in [0.2, 0.25) is 0 Å². The second kappa shape index (κ2) is 6.43. The van der Waals surface area contributed by atoms with Crippen molar-refractivity contribution in [3.05, 3.63) is 61.6 Å². The third-order valence-electron chi connectivity index (χ3n) is 2.51. The van der Waals surface area contributed by atoms with Gasteiger partial charge in [0.1, 0.15) is 11.5 Å². The molecule has 104 valence electrons. The van der Waals surface area contributed by atoms with E-state index in [0.717, 1.165) is 0 Å². The number of non-ortho nitro benzene ring substituents is 1. The van der Waals surface area contributed by atoms with Gasteiger partial charge in [0, 0.05) is 16.7 Å². The van der Waals surface area contributed by atoms with Crippen LogP contribution in [0.3, 0.4) is 0 Å².